The minimum absolute atomic E-state index is 0.264. The second kappa shape index (κ2) is 12.5. The lowest BCUT2D eigenvalue weighted by atomic mass is 10.1. The highest BCUT2D eigenvalue weighted by Crippen LogP contribution is 2.34. The summed E-state index contributed by atoms with van der Waals surface area (Å²) in [4.78, 5) is 0. The van der Waals surface area contributed by atoms with E-state index in [4.69, 9.17) is 18.9 Å². The highest BCUT2D eigenvalue weighted by Gasteiger charge is 2.12. The summed E-state index contributed by atoms with van der Waals surface area (Å²) in [5.41, 5.74) is 3.12. The van der Waals surface area contributed by atoms with E-state index in [0.717, 1.165) is 40.1 Å². The molecule has 7 heteroatoms. The van der Waals surface area contributed by atoms with Crippen LogP contribution in [0.5, 0.6) is 23.0 Å². The van der Waals surface area contributed by atoms with Gasteiger partial charge in [-0.3, -0.25) is 0 Å². The van der Waals surface area contributed by atoms with Gasteiger partial charge in [0.1, 0.15) is 12.4 Å². The van der Waals surface area contributed by atoms with Crippen molar-refractivity contribution < 1.29 is 23.3 Å². The van der Waals surface area contributed by atoms with Gasteiger partial charge in [-0.15, -0.1) is 0 Å². The molecule has 0 aromatic heterocycles. The number of halogens is 2. The van der Waals surface area contributed by atoms with Crippen LogP contribution >= 0.6 is 15.9 Å². The van der Waals surface area contributed by atoms with Gasteiger partial charge < -0.3 is 24.3 Å². The molecule has 0 atom stereocenters. The van der Waals surface area contributed by atoms with Crippen LogP contribution in [0.2, 0.25) is 0 Å². The largest absolute Gasteiger partial charge is 0.493 e. The fourth-order valence-corrected chi connectivity index (χ4v) is 3.79. The predicted octanol–water partition coefficient (Wildman–Crippen LogP) is 5.92. The van der Waals surface area contributed by atoms with Crippen LogP contribution in [0.3, 0.4) is 0 Å². The minimum atomic E-state index is -0.264. The van der Waals surface area contributed by atoms with Crippen LogP contribution in [-0.2, 0) is 19.6 Å². The lowest BCUT2D eigenvalue weighted by molar-refractivity contribution is 0.268. The molecule has 0 aliphatic carbocycles. The van der Waals surface area contributed by atoms with E-state index in [9.17, 15) is 4.39 Å². The van der Waals surface area contributed by atoms with Gasteiger partial charge in [-0.1, -0.05) is 34.1 Å². The van der Waals surface area contributed by atoms with E-state index in [1.165, 1.54) is 17.7 Å². The molecule has 0 spiro atoms. The van der Waals surface area contributed by atoms with E-state index in [1.54, 1.807) is 26.4 Å². The number of rotatable bonds is 12. The van der Waals surface area contributed by atoms with Crippen molar-refractivity contribution in [3.05, 3.63) is 81.6 Å². The molecule has 33 heavy (non-hydrogen) atoms. The molecule has 176 valence electrons. The Morgan fingerprint density at radius 3 is 2.21 bits per heavy atom. The van der Waals surface area contributed by atoms with Gasteiger partial charge in [-0.25, -0.2) is 4.39 Å². The molecule has 1 N–H and O–H groups in total. The number of hydrogen-bond donors (Lipinski definition) is 1. The van der Waals surface area contributed by atoms with Crippen LogP contribution in [0.15, 0.2) is 59.1 Å². The van der Waals surface area contributed by atoms with Gasteiger partial charge in [0.25, 0.3) is 0 Å². The van der Waals surface area contributed by atoms with Crippen LogP contribution < -0.4 is 24.3 Å². The summed E-state index contributed by atoms with van der Waals surface area (Å²) >= 11 is 3.64. The zero-order valence-corrected chi connectivity index (χ0v) is 20.7. The lowest BCUT2D eigenvalue weighted by Crippen LogP contribution is -2.17. The number of ether oxygens (including phenoxy) is 4. The van der Waals surface area contributed by atoms with E-state index >= 15 is 0 Å². The Balaban J connectivity index is 1.59. The van der Waals surface area contributed by atoms with Crippen molar-refractivity contribution in [3.8, 4) is 23.0 Å². The Kier molecular flexibility index (Phi) is 9.39. The van der Waals surface area contributed by atoms with Crippen molar-refractivity contribution in [1.29, 1.82) is 0 Å². The molecule has 0 radical (unpaired) electrons. The van der Waals surface area contributed by atoms with Crippen LogP contribution in [0.1, 0.15) is 23.6 Å². The Morgan fingerprint density at radius 1 is 0.818 bits per heavy atom. The number of hydrogen-bond acceptors (Lipinski definition) is 5. The predicted molar refractivity (Wildman–Crippen MR) is 131 cm³/mol. The maximum Gasteiger partial charge on any atom is 0.162 e. The molecule has 0 amide bonds. The Hall–Kier alpha value is -2.77. The second-order valence-electron chi connectivity index (χ2n) is 7.35. The zero-order valence-electron chi connectivity index (χ0n) is 19.1. The van der Waals surface area contributed by atoms with Crippen LogP contribution in [-0.4, -0.2) is 27.4 Å². The van der Waals surface area contributed by atoms with Gasteiger partial charge in [0, 0.05) is 11.0 Å². The van der Waals surface area contributed by atoms with Crippen molar-refractivity contribution in [2.24, 2.45) is 0 Å². The highest BCUT2D eigenvalue weighted by atomic mass is 79.9. The van der Waals surface area contributed by atoms with Gasteiger partial charge in [0.2, 0.25) is 0 Å². The van der Waals surface area contributed by atoms with Crippen LogP contribution in [0.4, 0.5) is 4.39 Å². The van der Waals surface area contributed by atoms with Gasteiger partial charge in [-0.05, 0) is 73.0 Å². The first-order chi connectivity index (χ1) is 16.0. The van der Waals surface area contributed by atoms with E-state index < -0.39 is 0 Å². The first-order valence-corrected chi connectivity index (χ1v) is 11.6. The molecule has 3 rings (SSSR count). The summed E-state index contributed by atoms with van der Waals surface area (Å²) < 4.78 is 36.5. The van der Waals surface area contributed by atoms with E-state index in [1.807, 2.05) is 37.3 Å². The summed E-state index contributed by atoms with van der Waals surface area (Å²) in [7, 11) is 3.27. The van der Waals surface area contributed by atoms with Crippen LogP contribution in [0, 0.1) is 5.82 Å². The maximum absolute atomic E-state index is 13.1. The van der Waals surface area contributed by atoms with Gasteiger partial charge in [-0.2, -0.15) is 0 Å². The summed E-state index contributed by atoms with van der Waals surface area (Å²) in [5, 5.41) is 3.48. The molecule has 5 nitrogen and oxygen atoms in total. The first kappa shape index (κ1) is 24.9. The minimum Gasteiger partial charge on any atom is -0.493 e. The third-order valence-electron chi connectivity index (χ3n) is 5.07. The number of methoxy groups -OCH3 is 2. The average molecular weight is 518 g/mol. The molecule has 0 heterocycles. The Bertz CT molecular complexity index is 1040. The van der Waals surface area contributed by atoms with Gasteiger partial charge in [0.15, 0.2) is 23.0 Å². The SMILES string of the molecule is CCOc1cc(CNCCc2ccc(OC)c(OC)c2)c(Br)cc1OCc1ccc(F)cc1. The van der Waals surface area contributed by atoms with Gasteiger partial charge >= 0.3 is 0 Å². The molecular formula is C26H29BrFNO4. The van der Waals surface area contributed by atoms with Crippen molar-refractivity contribution in [2.45, 2.75) is 26.5 Å². The molecular weight excluding hydrogens is 489 g/mol. The Morgan fingerprint density at radius 2 is 1.52 bits per heavy atom. The zero-order chi connectivity index (χ0) is 23.6. The third-order valence-corrected chi connectivity index (χ3v) is 5.81. The summed E-state index contributed by atoms with van der Waals surface area (Å²) in [5.74, 6) is 2.51. The van der Waals surface area contributed by atoms with E-state index in [-0.39, 0.29) is 5.82 Å². The van der Waals surface area contributed by atoms with Crippen LogP contribution in [0.25, 0.3) is 0 Å². The number of benzene rings is 3. The molecule has 3 aromatic carbocycles. The van der Waals surface area contributed by atoms with Crippen molar-refractivity contribution in [1.82, 2.24) is 5.32 Å². The quantitative estimate of drug-likeness (QED) is 0.302. The molecule has 0 saturated carbocycles. The normalized spacial score (nSPS) is 10.7. The van der Waals surface area contributed by atoms with Crippen molar-refractivity contribution in [2.75, 3.05) is 27.4 Å². The summed E-state index contributed by atoms with van der Waals surface area (Å²) in [6, 6.07) is 16.1. The fraction of sp³-hybridized carbons (Fsp3) is 0.308. The molecule has 0 fully saturated rings. The maximum atomic E-state index is 13.1. The molecule has 0 aliphatic heterocycles. The average Bonchev–Trinajstić information content (AvgIpc) is 2.83. The first-order valence-electron chi connectivity index (χ1n) is 10.8. The molecule has 0 unspecified atom stereocenters. The highest BCUT2D eigenvalue weighted by molar-refractivity contribution is 9.10. The molecule has 0 bridgehead atoms. The standard InChI is InChI=1S/C26H29BrFNO4/c1-4-32-25-14-20(16-29-12-11-18-7-10-23(30-2)24(13-18)31-3)22(27)15-26(25)33-17-19-5-8-21(28)9-6-19/h5-10,13-15,29H,4,11-12,16-17H2,1-3H3. The molecule has 0 aliphatic rings. The molecule has 3 aromatic rings. The second-order valence-corrected chi connectivity index (χ2v) is 8.21. The summed E-state index contributed by atoms with van der Waals surface area (Å²) in [6.07, 6.45) is 0.856. The lowest BCUT2D eigenvalue weighted by Gasteiger charge is -2.16. The Labute approximate surface area is 203 Å². The van der Waals surface area contributed by atoms with Crippen molar-refractivity contribution in [3.63, 3.8) is 0 Å². The van der Waals surface area contributed by atoms with Crippen molar-refractivity contribution >= 4 is 15.9 Å². The third kappa shape index (κ3) is 7.11. The van der Waals surface area contributed by atoms with Gasteiger partial charge in [0.05, 0.1) is 20.8 Å². The topological polar surface area (TPSA) is 49.0 Å². The fourth-order valence-electron chi connectivity index (χ4n) is 3.33. The van der Waals surface area contributed by atoms with E-state index in [0.29, 0.717) is 31.3 Å². The smallest absolute Gasteiger partial charge is 0.162 e. The summed E-state index contributed by atoms with van der Waals surface area (Å²) in [6.45, 7) is 4.27. The van der Waals surface area contributed by atoms with E-state index in [2.05, 4.69) is 21.2 Å². The monoisotopic (exact) mass is 517 g/mol. The number of nitrogens with one attached hydrogen (secondary N) is 1. The molecule has 0 saturated heterocycles.